The molecule has 0 saturated heterocycles. The highest BCUT2D eigenvalue weighted by atomic mass is 16.5. The Morgan fingerprint density at radius 1 is 1.24 bits per heavy atom. The van der Waals surface area contributed by atoms with Crippen LogP contribution in [0.1, 0.15) is 54.3 Å². The first-order valence-electron chi connectivity index (χ1n) is 8.67. The van der Waals surface area contributed by atoms with Crippen molar-refractivity contribution in [1.29, 1.82) is 0 Å². The third-order valence-corrected chi connectivity index (χ3v) is 4.58. The minimum absolute atomic E-state index is 0.0766. The van der Waals surface area contributed by atoms with E-state index >= 15 is 0 Å². The number of hydrogen-bond acceptors (Lipinski definition) is 4. The molecular weight excluding hydrogens is 316 g/mol. The number of methoxy groups -OCH3 is 1. The first-order valence-corrected chi connectivity index (χ1v) is 8.67. The normalized spacial score (nSPS) is 16.5. The summed E-state index contributed by atoms with van der Waals surface area (Å²) in [5, 5.41) is 9.43. The molecule has 2 aromatic rings. The molecule has 1 heterocycles. The van der Waals surface area contributed by atoms with Crippen molar-refractivity contribution in [2.24, 2.45) is 5.92 Å². The van der Waals surface area contributed by atoms with Crippen LogP contribution in [0, 0.1) is 5.92 Å². The quantitative estimate of drug-likeness (QED) is 0.857. The van der Waals surface area contributed by atoms with E-state index in [1.807, 2.05) is 12.1 Å². The number of Topliss-reactive ketones (excluding diaryl/α,β-unsaturated/α-hetero) is 1. The number of phenols is 1. The Morgan fingerprint density at radius 2 is 1.96 bits per heavy atom. The third kappa shape index (κ3) is 3.78. The fraction of sp³-hybridized carbons (Fsp3) is 0.381. The minimum atomic E-state index is -0.341. The number of carbonyl (C=O) groups is 1. The van der Waals surface area contributed by atoms with Crippen molar-refractivity contribution in [3.8, 4) is 17.2 Å². The van der Waals surface area contributed by atoms with Crippen LogP contribution in [-0.4, -0.2) is 18.0 Å². The summed E-state index contributed by atoms with van der Waals surface area (Å²) in [6, 6.07) is 10.5. The van der Waals surface area contributed by atoms with Crippen molar-refractivity contribution >= 4 is 5.78 Å². The van der Waals surface area contributed by atoms with Crippen molar-refractivity contribution in [1.82, 2.24) is 0 Å². The second-order valence-corrected chi connectivity index (χ2v) is 6.92. The summed E-state index contributed by atoms with van der Waals surface area (Å²) in [6.07, 6.45) is 1.88. The average molecular weight is 340 g/mol. The van der Waals surface area contributed by atoms with E-state index in [9.17, 15) is 9.90 Å². The van der Waals surface area contributed by atoms with E-state index in [-0.39, 0.29) is 17.6 Å². The van der Waals surface area contributed by atoms with Gasteiger partial charge in [-0.15, -0.1) is 0 Å². The molecule has 1 aliphatic heterocycles. The number of carbonyl (C=O) groups excluding carboxylic acids is 1. The van der Waals surface area contributed by atoms with E-state index in [0.29, 0.717) is 23.7 Å². The number of hydrogen-bond donors (Lipinski definition) is 1. The van der Waals surface area contributed by atoms with Gasteiger partial charge in [-0.25, -0.2) is 0 Å². The molecule has 132 valence electrons. The zero-order valence-electron chi connectivity index (χ0n) is 14.9. The Hall–Kier alpha value is -2.49. The SMILES string of the molecule is COc1cc2c(cc1CCC(C)C)C(=O)CC(c1ccc(O)cc1)O2. The average Bonchev–Trinajstić information content (AvgIpc) is 2.59. The molecule has 0 bridgehead atoms. The van der Waals surface area contributed by atoms with Crippen LogP contribution in [0.2, 0.25) is 0 Å². The first kappa shape index (κ1) is 17.3. The maximum absolute atomic E-state index is 12.7. The van der Waals surface area contributed by atoms with Crippen LogP contribution < -0.4 is 9.47 Å². The van der Waals surface area contributed by atoms with Gasteiger partial charge in [0, 0.05) is 6.07 Å². The number of aryl methyl sites for hydroxylation is 1. The maximum atomic E-state index is 12.7. The van der Waals surface area contributed by atoms with Gasteiger partial charge in [0.1, 0.15) is 23.4 Å². The Bertz CT molecular complexity index is 762. The van der Waals surface area contributed by atoms with Crippen LogP contribution in [0.3, 0.4) is 0 Å². The second kappa shape index (κ2) is 7.18. The summed E-state index contributed by atoms with van der Waals surface area (Å²) in [6.45, 7) is 4.36. The Labute approximate surface area is 148 Å². The summed E-state index contributed by atoms with van der Waals surface area (Å²) < 4.78 is 11.6. The van der Waals surface area contributed by atoms with Gasteiger partial charge in [0.15, 0.2) is 5.78 Å². The van der Waals surface area contributed by atoms with E-state index in [2.05, 4.69) is 13.8 Å². The molecule has 4 heteroatoms. The van der Waals surface area contributed by atoms with Crippen molar-refractivity contribution in [3.63, 3.8) is 0 Å². The molecule has 2 aromatic carbocycles. The molecule has 4 nitrogen and oxygen atoms in total. The number of phenolic OH excluding ortho intramolecular Hbond substituents is 1. The Kier molecular flexibility index (Phi) is 4.98. The van der Waals surface area contributed by atoms with Crippen molar-refractivity contribution in [2.75, 3.05) is 7.11 Å². The molecule has 0 amide bonds. The van der Waals surface area contributed by atoms with E-state index in [1.165, 1.54) is 0 Å². The van der Waals surface area contributed by atoms with E-state index < -0.39 is 0 Å². The number of ketones is 1. The fourth-order valence-corrected chi connectivity index (χ4v) is 3.10. The summed E-state index contributed by atoms with van der Waals surface area (Å²) in [5.41, 5.74) is 2.56. The largest absolute Gasteiger partial charge is 0.508 e. The molecule has 3 rings (SSSR count). The maximum Gasteiger partial charge on any atom is 0.170 e. The molecule has 0 aromatic heterocycles. The summed E-state index contributed by atoms with van der Waals surface area (Å²) in [4.78, 5) is 12.7. The van der Waals surface area contributed by atoms with Gasteiger partial charge in [-0.3, -0.25) is 4.79 Å². The van der Waals surface area contributed by atoms with E-state index in [4.69, 9.17) is 9.47 Å². The van der Waals surface area contributed by atoms with Gasteiger partial charge in [0.25, 0.3) is 0 Å². The van der Waals surface area contributed by atoms with Gasteiger partial charge in [-0.1, -0.05) is 26.0 Å². The fourth-order valence-electron chi connectivity index (χ4n) is 3.10. The standard InChI is InChI=1S/C21H24O4/c1-13(2)4-5-15-10-17-18(23)11-20(14-6-8-16(22)9-7-14)25-21(17)12-19(15)24-3/h6-10,12-13,20,22H,4-5,11H2,1-3H3. The number of aromatic hydroxyl groups is 1. The monoisotopic (exact) mass is 340 g/mol. The zero-order valence-corrected chi connectivity index (χ0v) is 14.9. The lowest BCUT2D eigenvalue weighted by atomic mass is 9.93. The lowest BCUT2D eigenvalue weighted by molar-refractivity contribution is 0.0849. The number of rotatable bonds is 5. The highest BCUT2D eigenvalue weighted by Crippen LogP contribution is 2.39. The van der Waals surface area contributed by atoms with Crippen LogP contribution in [0.25, 0.3) is 0 Å². The molecule has 0 radical (unpaired) electrons. The molecular formula is C21H24O4. The third-order valence-electron chi connectivity index (χ3n) is 4.58. The lowest BCUT2D eigenvalue weighted by Crippen LogP contribution is -2.20. The van der Waals surface area contributed by atoms with Gasteiger partial charge < -0.3 is 14.6 Å². The molecule has 25 heavy (non-hydrogen) atoms. The van der Waals surface area contributed by atoms with Crippen LogP contribution in [-0.2, 0) is 6.42 Å². The lowest BCUT2D eigenvalue weighted by Gasteiger charge is -2.27. The van der Waals surface area contributed by atoms with E-state index in [0.717, 1.165) is 29.7 Å². The predicted molar refractivity (Wildman–Crippen MR) is 96.6 cm³/mol. The van der Waals surface area contributed by atoms with Crippen molar-refractivity contribution in [3.05, 3.63) is 53.1 Å². The molecule has 0 fully saturated rings. The van der Waals surface area contributed by atoms with Gasteiger partial charge in [0.05, 0.1) is 19.1 Å². The van der Waals surface area contributed by atoms with Gasteiger partial charge in [-0.05, 0) is 48.1 Å². The minimum Gasteiger partial charge on any atom is -0.508 e. The second-order valence-electron chi connectivity index (χ2n) is 6.92. The summed E-state index contributed by atoms with van der Waals surface area (Å²) in [5.74, 6) is 2.19. The summed E-state index contributed by atoms with van der Waals surface area (Å²) >= 11 is 0. The van der Waals surface area contributed by atoms with Crippen molar-refractivity contribution < 1.29 is 19.4 Å². The molecule has 1 aliphatic rings. The highest BCUT2D eigenvalue weighted by molar-refractivity contribution is 6.00. The Balaban J connectivity index is 1.90. The molecule has 0 aliphatic carbocycles. The number of ether oxygens (including phenoxy) is 2. The smallest absolute Gasteiger partial charge is 0.170 e. The molecule has 1 N–H and O–H groups in total. The van der Waals surface area contributed by atoms with Crippen LogP contribution >= 0.6 is 0 Å². The van der Waals surface area contributed by atoms with Crippen LogP contribution in [0.4, 0.5) is 0 Å². The molecule has 0 saturated carbocycles. The summed E-state index contributed by atoms with van der Waals surface area (Å²) in [7, 11) is 1.64. The zero-order chi connectivity index (χ0) is 18.0. The Morgan fingerprint density at radius 3 is 2.60 bits per heavy atom. The first-order chi connectivity index (χ1) is 12.0. The van der Waals surface area contributed by atoms with Gasteiger partial charge >= 0.3 is 0 Å². The van der Waals surface area contributed by atoms with Gasteiger partial charge in [-0.2, -0.15) is 0 Å². The topological polar surface area (TPSA) is 55.8 Å². The molecule has 1 unspecified atom stereocenters. The van der Waals surface area contributed by atoms with Crippen molar-refractivity contribution in [2.45, 2.75) is 39.2 Å². The number of benzene rings is 2. The van der Waals surface area contributed by atoms with Gasteiger partial charge in [0.2, 0.25) is 0 Å². The van der Waals surface area contributed by atoms with E-state index in [1.54, 1.807) is 31.4 Å². The molecule has 0 spiro atoms. The molecule has 1 atom stereocenters. The number of fused-ring (bicyclic) bond motifs is 1. The predicted octanol–water partition coefficient (Wildman–Crippen LogP) is 4.70. The van der Waals surface area contributed by atoms with Crippen LogP contribution in [0.5, 0.6) is 17.2 Å². The van der Waals surface area contributed by atoms with Crippen LogP contribution in [0.15, 0.2) is 36.4 Å². The highest BCUT2D eigenvalue weighted by Gasteiger charge is 2.29.